The zero-order chi connectivity index (χ0) is 13.9. The lowest BCUT2D eigenvalue weighted by molar-refractivity contribution is 0.219. The molecule has 1 aliphatic rings. The Kier molecular flexibility index (Phi) is 3.87. The maximum atomic E-state index is 4.47. The molecule has 0 atom stereocenters. The Bertz CT molecular complexity index is 569. The van der Waals surface area contributed by atoms with Gasteiger partial charge in [-0.1, -0.05) is 6.92 Å². The third kappa shape index (κ3) is 2.63. The highest BCUT2D eigenvalue weighted by atomic mass is 15.2. The fourth-order valence-electron chi connectivity index (χ4n) is 2.98. The van der Waals surface area contributed by atoms with E-state index >= 15 is 0 Å². The van der Waals surface area contributed by atoms with Gasteiger partial charge in [-0.15, -0.1) is 0 Å². The van der Waals surface area contributed by atoms with Crippen molar-refractivity contribution in [2.75, 3.05) is 25.0 Å². The van der Waals surface area contributed by atoms with Gasteiger partial charge in [-0.05, 0) is 31.9 Å². The van der Waals surface area contributed by atoms with E-state index in [1.54, 1.807) is 0 Å². The number of imidazole rings is 1. The van der Waals surface area contributed by atoms with Crippen LogP contribution in [0.25, 0.3) is 11.0 Å². The lowest BCUT2D eigenvalue weighted by atomic mass is 10.0. The van der Waals surface area contributed by atoms with Crippen LogP contribution in [0.3, 0.4) is 0 Å². The third-order valence-corrected chi connectivity index (χ3v) is 4.11. The summed E-state index contributed by atoms with van der Waals surface area (Å²) in [7, 11) is 2.02. The van der Waals surface area contributed by atoms with Gasteiger partial charge in [0.15, 0.2) is 5.82 Å². The van der Waals surface area contributed by atoms with Gasteiger partial charge in [0.05, 0.1) is 11.8 Å². The topological polar surface area (TPSA) is 46.0 Å². The Hall–Kier alpha value is -1.62. The molecule has 5 heteroatoms. The summed E-state index contributed by atoms with van der Waals surface area (Å²) < 4.78 is 2.03. The number of hydrogen-bond donors (Lipinski definition) is 1. The minimum absolute atomic E-state index is 0.517. The number of aryl methyl sites for hydroxylation is 1. The zero-order valence-electron chi connectivity index (χ0n) is 12.3. The first-order valence-corrected chi connectivity index (χ1v) is 7.53. The van der Waals surface area contributed by atoms with Crippen LogP contribution in [0.1, 0.15) is 26.2 Å². The van der Waals surface area contributed by atoms with Crippen molar-refractivity contribution in [1.82, 2.24) is 19.4 Å². The van der Waals surface area contributed by atoms with Gasteiger partial charge in [0.1, 0.15) is 5.52 Å². The summed E-state index contributed by atoms with van der Waals surface area (Å²) in [6.07, 6.45) is 7.32. The third-order valence-electron chi connectivity index (χ3n) is 4.11. The van der Waals surface area contributed by atoms with Gasteiger partial charge in [-0.25, -0.2) is 9.97 Å². The maximum absolute atomic E-state index is 4.47. The predicted molar refractivity (Wildman–Crippen MR) is 81.9 cm³/mol. The van der Waals surface area contributed by atoms with Crippen LogP contribution in [0.5, 0.6) is 0 Å². The summed E-state index contributed by atoms with van der Waals surface area (Å²) in [6, 6.07) is 2.53. The van der Waals surface area contributed by atoms with Crippen LogP contribution in [0.15, 0.2) is 18.6 Å². The van der Waals surface area contributed by atoms with Crippen molar-refractivity contribution in [1.29, 1.82) is 0 Å². The van der Waals surface area contributed by atoms with Gasteiger partial charge >= 0.3 is 0 Å². The van der Waals surface area contributed by atoms with E-state index in [2.05, 4.69) is 27.1 Å². The summed E-state index contributed by atoms with van der Waals surface area (Å²) >= 11 is 0. The molecule has 5 nitrogen and oxygen atoms in total. The van der Waals surface area contributed by atoms with E-state index in [4.69, 9.17) is 0 Å². The summed E-state index contributed by atoms with van der Waals surface area (Å²) in [5, 5.41) is 3.59. The molecular formula is C15H23N5. The normalized spacial score (nSPS) is 17.7. The smallest absolute Gasteiger partial charge is 0.154 e. The van der Waals surface area contributed by atoms with E-state index in [1.807, 2.05) is 30.2 Å². The van der Waals surface area contributed by atoms with Crippen molar-refractivity contribution in [2.24, 2.45) is 7.05 Å². The average molecular weight is 273 g/mol. The molecule has 1 aliphatic heterocycles. The van der Waals surface area contributed by atoms with Crippen LogP contribution in [0, 0.1) is 0 Å². The zero-order valence-corrected chi connectivity index (χ0v) is 12.3. The largest absolute Gasteiger partial charge is 0.365 e. The minimum Gasteiger partial charge on any atom is -0.365 e. The molecule has 2 aromatic heterocycles. The molecule has 0 radical (unpaired) electrons. The van der Waals surface area contributed by atoms with Crippen molar-refractivity contribution in [3.63, 3.8) is 0 Å². The molecule has 0 aliphatic carbocycles. The highest BCUT2D eigenvalue weighted by molar-refractivity contribution is 5.85. The van der Waals surface area contributed by atoms with Crippen molar-refractivity contribution >= 4 is 16.9 Å². The number of nitrogens with zero attached hydrogens (tertiary/aromatic N) is 4. The van der Waals surface area contributed by atoms with Crippen LogP contribution in [-0.2, 0) is 7.05 Å². The molecule has 1 fully saturated rings. The molecule has 3 rings (SSSR count). The van der Waals surface area contributed by atoms with Crippen molar-refractivity contribution < 1.29 is 0 Å². The molecule has 2 aromatic rings. The van der Waals surface area contributed by atoms with Crippen molar-refractivity contribution in [3.05, 3.63) is 18.6 Å². The molecule has 1 saturated heterocycles. The molecule has 108 valence electrons. The molecule has 20 heavy (non-hydrogen) atoms. The van der Waals surface area contributed by atoms with Gasteiger partial charge < -0.3 is 14.8 Å². The molecule has 0 spiro atoms. The lowest BCUT2D eigenvalue weighted by Gasteiger charge is -2.32. The van der Waals surface area contributed by atoms with Crippen LogP contribution >= 0.6 is 0 Å². The number of hydrogen-bond acceptors (Lipinski definition) is 4. The van der Waals surface area contributed by atoms with Gasteiger partial charge in [-0.3, -0.25) is 0 Å². The SMILES string of the molecule is CCCN1CCC(Nc2nccc3c2ncn3C)CC1. The highest BCUT2D eigenvalue weighted by Gasteiger charge is 2.19. The van der Waals surface area contributed by atoms with E-state index in [-0.39, 0.29) is 0 Å². The van der Waals surface area contributed by atoms with E-state index in [0.717, 1.165) is 16.9 Å². The molecule has 0 amide bonds. The number of rotatable bonds is 4. The van der Waals surface area contributed by atoms with Crippen LogP contribution in [-0.4, -0.2) is 45.1 Å². The molecule has 0 aromatic carbocycles. The average Bonchev–Trinajstić information content (AvgIpc) is 2.84. The van der Waals surface area contributed by atoms with Crippen molar-refractivity contribution in [2.45, 2.75) is 32.2 Å². The fourth-order valence-corrected chi connectivity index (χ4v) is 2.98. The Labute approximate surface area is 120 Å². The summed E-state index contributed by atoms with van der Waals surface area (Å²) in [5.41, 5.74) is 2.11. The van der Waals surface area contributed by atoms with E-state index in [1.165, 1.54) is 38.9 Å². The molecular weight excluding hydrogens is 250 g/mol. The summed E-state index contributed by atoms with van der Waals surface area (Å²) in [5.74, 6) is 0.928. The second kappa shape index (κ2) is 5.79. The number of piperidine rings is 1. The number of likely N-dealkylation sites (tertiary alicyclic amines) is 1. The van der Waals surface area contributed by atoms with Gasteiger partial charge in [0.2, 0.25) is 0 Å². The lowest BCUT2D eigenvalue weighted by Crippen LogP contribution is -2.39. The standard InChI is InChI=1S/C15H23N5/c1-3-8-20-9-5-12(6-10-20)18-15-14-13(4-7-16-15)19(2)11-17-14/h4,7,11-12H,3,5-6,8-10H2,1-2H3,(H,16,18). The number of fused-ring (bicyclic) bond motifs is 1. The molecule has 0 saturated carbocycles. The second-order valence-electron chi connectivity index (χ2n) is 5.64. The Morgan fingerprint density at radius 2 is 2.10 bits per heavy atom. The van der Waals surface area contributed by atoms with E-state index < -0.39 is 0 Å². The molecule has 0 unspecified atom stereocenters. The Morgan fingerprint density at radius 1 is 1.30 bits per heavy atom. The predicted octanol–water partition coefficient (Wildman–Crippen LogP) is 2.25. The van der Waals surface area contributed by atoms with Gasteiger partial charge in [0, 0.05) is 32.4 Å². The first-order chi connectivity index (χ1) is 9.78. The Balaban J connectivity index is 1.68. The minimum atomic E-state index is 0.517. The summed E-state index contributed by atoms with van der Waals surface area (Å²) in [6.45, 7) is 5.84. The van der Waals surface area contributed by atoms with Crippen LogP contribution in [0.2, 0.25) is 0 Å². The van der Waals surface area contributed by atoms with Crippen LogP contribution < -0.4 is 5.32 Å². The second-order valence-corrected chi connectivity index (χ2v) is 5.64. The molecule has 3 heterocycles. The number of pyridine rings is 1. The fraction of sp³-hybridized carbons (Fsp3) is 0.600. The maximum Gasteiger partial charge on any atom is 0.154 e. The van der Waals surface area contributed by atoms with Crippen LogP contribution in [0.4, 0.5) is 5.82 Å². The van der Waals surface area contributed by atoms with E-state index in [9.17, 15) is 0 Å². The summed E-state index contributed by atoms with van der Waals surface area (Å²) in [4.78, 5) is 11.5. The molecule has 0 bridgehead atoms. The van der Waals surface area contributed by atoms with Gasteiger partial charge in [0.25, 0.3) is 0 Å². The Morgan fingerprint density at radius 3 is 2.85 bits per heavy atom. The first kappa shape index (κ1) is 13.4. The number of nitrogens with one attached hydrogen (secondary N) is 1. The van der Waals surface area contributed by atoms with Gasteiger partial charge in [-0.2, -0.15) is 0 Å². The van der Waals surface area contributed by atoms with Crippen molar-refractivity contribution in [3.8, 4) is 0 Å². The first-order valence-electron chi connectivity index (χ1n) is 7.53. The van der Waals surface area contributed by atoms with E-state index in [0.29, 0.717) is 6.04 Å². The quantitative estimate of drug-likeness (QED) is 0.928. The highest BCUT2D eigenvalue weighted by Crippen LogP contribution is 2.22. The molecule has 1 N–H and O–H groups in total. The number of anilines is 1. The number of aromatic nitrogens is 3. The monoisotopic (exact) mass is 273 g/mol.